The molecule has 0 unspecified atom stereocenters. The molecule has 3 N–H and O–H groups in total. The van der Waals surface area contributed by atoms with Gasteiger partial charge in [0, 0.05) is 23.8 Å². The molecule has 1 aromatic heterocycles. The number of nitrogens with one attached hydrogen (secondary N) is 1. The molecule has 6 heteroatoms. The number of primary amides is 1. The molecule has 0 aliphatic heterocycles. The molecule has 0 fully saturated rings. The number of halogens is 1. The maximum Gasteiger partial charge on any atom is 0.269 e. The number of carbonyl (C=O) groups excluding carboxylic acids is 1. The van der Waals surface area contributed by atoms with Gasteiger partial charge < -0.3 is 11.1 Å². The first-order valence-electron chi connectivity index (χ1n) is 6.35. The monoisotopic (exact) mass is 292 g/mol. The van der Waals surface area contributed by atoms with E-state index >= 15 is 0 Å². The summed E-state index contributed by atoms with van der Waals surface area (Å²) in [4.78, 5) is 11.0. The standard InChI is InChI=1S/C14H17ClN4O/c1-9(2)17-8-10-3-4-11(7-12(10)15)19-6-5-13(18-19)14(16)20/h3-7,9,17H,8H2,1-2H3,(H2,16,20). The van der Waals surface area contributed by atoms with Crippen LogP contribution in [0.4, 0.5) is 0 Å². The van der Waals surface area contributed by atoms with Crippen LogP contribution in [0.5, 0.6) is 0 Å². The van der Waals surface area contributed by atoms with Crippen molar-refractivity contribution in [3.63, 3.8) is 0 Å². The lowest BCUT2D eigenvalue weighted by Gasteiger charge is -2.11. The van der Waals surface area contributed by atoms with Crippen molar-refractivity contribution in [1.82, 2.24) is 15.1 Å². The van der Waals surface area contributed by atoms with E-state index < -0.39 is 5.91 Å². The Morgan fingerprint density at radius 1 is 1.45 bits per heavy atom. The van der Waals surface area contributed by atoms with Crippen molar-refractivity contribution in [2.45, 2.75) is 26.4 Å². The van der Waals surface area contributed by atoms with Crippen LogP contribution in [0.25, 0.3) is 5.69 Å². The Morgan fingerprint density at radius 3 is 2.75 bits per heavy atom. The average Bonchev–Trinajstić information content (AvgIpc) is 2.86. The first-order valence-corrected chi connectivity index (χ1v) is 6.73. The zero-order valence-corrected chi connectivity index (χ0v) is 12.2. The van der Waals surface area contributed by atoms with E-state index in [4.69, 9.17) is 17.3 Å². The molecule has 0 saturated heterocycles. The van der Waals surface area contributed by atoms with Crippen molar-refractivity contribution in [3.8, 4) is 5.69 Å². The summed E-state index contributed by atoms with van der Waals surface area (Å²) in [5.74, 6) is -0.549. The minimum absolute atomic E-state index is 0.228. The van der Waals surface area contributed by atoms with E-state index in [0.717, 1.165) is 11.3 Å². The summed E-state index contributed by atoms with van der Waals surface area (Å²) in [5, 5.41) is 8.06. The van der Waals surface area contributed by atoms with Gasteiger partial charge in [-0.3, -0.25) is 4.79 Å². The van der Waals surface area contributed by atoms with E-state index in [0.29, 0.717) is 17.6 Å². The minimum Gasteiger partial charge on any atom is -0.364 e. The molecule has 20 heavy (non-hydrogen) atoms. The molecule has 0 radical (unpaired) electrons. The van der Waals surface area contributed by atoms with Crippen LogP contribution >= 0.6 is 11.6 Å². The highest BCUT2D eigenvalue weighted by molar-refractivity contribution is 6.31. The number of nitrogens with two attached hydrogens (primary N) is 1. The summed E-state index contributed by atoms with van der Waals surface area (Å²) in [6, 6.07) is 7.64. The molecule has 0 atom stereocenters. The van der Waals surface area contributed by atoms with E-state index in [-0.39, 0.29) is 5.69 Å². The zero-order valence-electron chi connectivity index (χ0n) is 11.4. The Morgan fingerprint density at radius 2 is 2.20 bits per heavy atom. The fraction of sp³-hybridized carbons (Fsp3) is 0.286. The van der Waals surface area contributed by atoms with Gasteiger partial charge >= 0.3 is 0 Å². The maximum absolute atomic E-state index is 11.0. The first-order chi connectivity index (χ1) is 9.47. The van der Waals surface area contributed by atoms with Gasteiger partial charge in [-0.25, -0.2) is 4.68 Å². The molecular weight excluding hydrogens is 276 g/mol. The fourth-order valence-electron chi connectivity index (χ4n) is 1.74. The second-order valence-corrected chi connectivity index (χ2v) is 5.23. The predicted octanol–water partition coefficient (Wildman–Crippen LogP) is 2.12. The smallest absolute Gasteiger partial charge is 0.269 e. The number of benzene rings is 1. The van der Waals surface area contributed by atoms with Crippen molar-refractivity contribution in [1.29, 1.82) is 0 Å². The van der Waals surface area contributed by atoms with Gasteiger partial charge in [-0.2, -0.15) is 5.10 Å². The third-order valence-electron chi connectivity index (χ3n) is 2.84. The van der Waals surface area contributed by atoms with Gasteiger partial charge in [-0.1, -0.05) is 31.5 Å². The normalized spacial score (nSPS) is 11.0. The van der Waals surface area contributed by atoms with Gasteiger partial charge in [0.05, 0.1) is 5.69 Å². The largest absolute Gasteiger partial charge is 0.364 e. The number of hydrogen-bond acceptors (Lipinski definition) is 3. The summed E-state index contributed by atoms with van der Waals surface area (Å²) >= 11 is 6.26. The van der Waals surface area contributed by atoms with Crippen LogP contribution in [-0.2, 0) is 6.54 Å². The van der Waals surface area contributed by atoms with Gasteiger partial charge in [-0.15, -0.1) is 0 Å². The van der Waals surface area contributed by atoms with E-state index in [1.165, 1.54) is 0 Å². The van der Waals surface area contributed by atoms with E-state index in [2.05, 4.69) is 24.3 Å². The molecule has 1 heterocycles. The van der Waals surface area contributed by atoms with Gasteiger partial charge in [0.25, 0.3) is 5.91 Å². The second-order valence-electron chi connectivity index (χ2n) is 4.82. The quantitative estimate of drug-likeness (QED) is 0.886. The highest BCUT2D eigenvalue weighted by atomic mass is 35.5. The molecule has 0 aliphatic carbocycles. The molecule has 1 aromatic carbocycles. The van der Waals surface area contributed by atoms with Crippen LogP contribution in [-0.4, -0.2) is 21.7 Å². The van der Waals surface area contributed by atoms with Crippen molar-refractivity contribution in [2.75, 3.05) is 0 Å². The van der Waals surface area contributed by atoms with Crippen LogP contribution < -0.4 is 11.1 Å². The third kappa shape index (κ3) is 3.37. The van der Waals surface area contributed by atoms with Crippen molar-refractivity contribution >= 4 is 17.5 Å². The van der Waals surface area contributed by atoms with Crippen molar-refractivity contribution in [2.24, 2.45) is 5.73 Å². The Labute approximate surface area is 122 Å². The Balaban J connectivity index is 2.21. The number of rotatable bonds is 5. The second kappa shape index (κ2) is 6.07. The molecule has 5 nitrogen and oxygen atoms in total. The number of amides is 1. The van der Waals surface area contributed by atoms with Gasteiger partial charge in [0.1, 0.15) is 5.69 Å². The molecular formula is C14H17ClN4O. The number of nitrogens with zero attached hydrogens (tertiary/aromatic N) is 2. The minimum atomic E-state index is -0.549. The van der Waals surface area contributed by atoms with Gasteiger partial charge in [0.2, 0.25) is 0 Å². The summed E-state index contributed by atoms with van der Waals surface area (Å²) in [5.41, 5.74) is 7.21. The number of hydrogen-bond donors (Lipinski definition) is 2. The lowest BCUT2D eigenvalue weighted by atomic mass is 10.2. The van der Waals surface area contributed by atoms with Crippen LogP contribution in [0.2, 0.25) is 5.02 Å². The van der Waals surface area contributed by atoms with E-state index in [1.54, 1.807) is 16.9 Å². The highest BCUT2D eigenvalue weighted by Gasteiger charge is 2.08. The van der Waals surface area contributed by atoms with Gasteiger partial charge in [0.15, 0.2) is 0 Å². The summed E-state index contributed by atoms with van der Waals surface area (Å²) < 4.78 is 1.58. The summed E-state index contributed by atoms with van der Waals surface area (Å²) in [6.45, 7) is 4.87. The Bertz CT molecular complexity index is 621. The molecule has 0 bridgehead atoms. The molecule has 2 rings (SSSR count). The van der Waals surface area contributed by atoms with Crippen LogP contribution in [0.1, 0.15) is 29.9 Å². The topological polar surface area (TPSA) is 72.9 Å². The molecule has 106 valence electrons. The SMILES string of the molecule is CC(C)NCc1ccc(-n2ccc(C(N)=O)n2)cc1Cl. The molecule has 1 amide bonds. The molecule has 0 spiro atoms. The Hall–Kier alpha value is -1.85. The predicted molar refractivity (Wildman–Crippen MR) is 79.1 cm³/mol. The highest BCUT2D eigenvalue weighted by Crippen LogP contribution is 2.20. The Kier molecular flexibility index (Phi) is 4.42. The first kappa shape index (κ1) is 14.6. The number of aromatic nitrogens is 2. The molecule has 0 saturated carbocycles. The lowest BCUT2D eigenvalue weighted by Crippen LogP contribution is -2.22. The van der Waals surface area contributed by atoms with E-state index in [1.807, 2.05) is 18.2 Å². The average molecular weight is 293 g/mol. The van der Waals surface area contributed by atoms with Crippen molar-refractivity contribution in [3.05, 3.63) is 46.7 Å². The van der Waals surface area contributed by atoms with Crippen LogP contribution in [0, 0.1) is 0 Å². The lowest BCUT2D eigenvalue weighted by molar-refractivity contribution is 0.0995. The van der Waals surface area contributed by atoms with Crippen LogP contribution in [0.15, 0.2) is 30.5 Å². The van der Waals surface area contributed by atoms with Crippen LogP contribution in [0.3, 0.4) is 0 Å². The molecule has 2 aromatic rings. The molecule has 0 aliphatic rings. The summed E-state index contributed by atoms with van der Waals surface area (Å²) in [7, 11) is 0. The van der Waals surface area contributed by atoms with Crippen molar-refractivity contribution < 1.29 is 4.79 Å². The van der Waals surface area contributed by atoms with E-state index in [9.17, 15) is 4.79 Å². The maximum atomic E-state index is 11.0. The summed E-state index contributed by atoms with van der Waals surface area (Å²) in [6.07, 6.45) is 1.68. The number of carbonyl (C=O) groups is 1. The zero-order chi connectivity index (χ0) is 14.7. The third-order valence-corrected chi connectivity index (χ3v) is 3.20. The fourth-order valence-corrected chi connectivity index (χ4v) is 1.98. The van der Waals surface area contributed by atoms with Gasteiger partial charge in [-0.05, 0) is 23.8 Å².